The number of amides is 2. The first-order valence-electron chi connectivity index (χ1n) is 6.59. The highest BCUT2D eigenvalue weighted by molar-refractivity contribution is 5.96. The third kappa shape index (κ3) is 3.48. The minimum atomic E-state index is -0.542. The summed E-state index contributed by atoms with van der Waals surface area (Å²) in [6, 6.07) is 6.79. The van der Waals surface area contributed by atoms with Crippen molar-refractivity contribution in [3.8, 4) is 0 Å². The van der Waals surface area contributed by atoms with E-state index in [0.717, 1.165) is 13.0 Å². The molecule has 20 heavy (non-hydrogen) atoms. The molecule has 1 fully saturated rings. The van der Waals surface area contributed by atoms with Crippen molar-refractivity contribution < 1.29 is 14.3 Å². The lowest BCUT2D eigenvalue weighted by atomic mass is 10.0. The van der Waals surface area contributed by atoms with Gasteiger partial charge in [-0.3, -0.25) is 10.1 Å². The molecule has 2 amide bonds. The van der Waals surface area contributed by atoms with Gasteiger partial charge in [0.2, 0.25) is 5.91 Å². The average molecular weight is 277 g/mol. The summed E-state index contributed by atoms with van der Waals surface area (Å²) in [5.41, 5.74) is 1.21. The molecule has 108 valence electrons. The fourth-order valence-corrected chi connectivity index (χ4v) is 2.25. The molecule has 0 saturated carbocycles. The molecular weight excluding hydrogens is 258 g/mol. The number of carbonyl (C=O) groups is 2. The van der Waals surface area contributed by atoms with E-state index in [0.29, 0.717) is 17.3 Å². The van der Waals surface area contributed by atoms with E-state index in [9.17, 15) is 9.59 Å². The molecule has 0 bridgehead atoms. The van der Waals surface area contributed by atoms with Gasteiger partial charge in [-0.15, -0.1) is 0 Å². The van der Waals surface area contributed by atoms with Gasteiger partial charge >= 0.3 is 6.09 Å². The molecule has 0 spiro atoms. The predicted octanol–water partition coefficient (Wildman–Crippen LogP) is 1.80. The van der Waals surface area contributed by atoms with E-state index in [2.05, 4.69) is 27.6 Å². The van der Waals surface area contributed by atoms with Crippen molar-refractivity contribution in [1.82, 2.24) is 5.32 Å². The molecule has 0 aliphatic carbocycles. The Morgan fingerprint density at radius 1 is 1.30 bits per heavy atom. The highest BCUT2D eigenvalue weighted by Crippen LogP contribution is 2.19. The van der Waals surface area contributed by atoms with Crippen molar-refractivity contribution in [2.45, 2.75) is 19.4 Å². The van der Waals surface area contributed by atoms with E-state index in [1.54, 1.807) is 24.3 Å². The van der Waals surface area contributed by atoms with Crippen LogP contribution in [0.5, 0.6) is 0 Å². The van der Waals surface area contributed by atoms with E-state index < -0.39 is 6.09 Å². The summed E-state index contributed by atoms with van der Waals surface area (Å²) in [6.07, 6.45) is 0.460. The molecule has 1 aromatic rings. The molecule has 0 aromatic heterocycles. The monoisotopic (exact) mass is 277 g/mol. The summed E-state index contributed by atoms with van der Waals surface area (Å²) in [7, 11) is 1.30. The van der Waals surface area contributed by atoms with E-state index in [1.165, 1.54) is 7.11 Å². The molecule has 2 atom stereocenters. The number of ether oxygens (including phenoxy) is 1. The number of methoxy groups -OCH3 is 1. The summed E-state index contributed by atoms with van der Waals surface area (Å²) in [4.78, 5) is 23.3. The zero-order chi connectivity index (χ0) is 14.5. The van der Waals surface area contributed by atoms with Gasteiger partial charge in [0, 0.05) is 11.4 Å². The van der Waals surface area contributed by atoms with E-state index in [-0.39, 0.29) is 11.9 Å². The van der Waals surface area contributed by atoms with Crippen LogP contribution in [0.2, 0.25) is 0 Å². The number of benzene rings is 1. The Balaban J connectivity index is 2.00. The lowest BCUT2D eigenvalue weighted by molar-refractivity contribution is -0.118. The quantitative estimate of drug-likeness (QED) is 0.787. The molecule has 3 N–H and O–H groups in total. The van der Waals surface area contributed by atoms with Crippen LogP contribution < -0.4 is 16.0 Å². The number of nitrogens with one attached hydrogen (secondary N) is 3. The summed E-state index contributed by atoms with van der Waals surface area (Å²) in [5.74, 6) is 0.275. The first-order chi connectivity index (χ1) is 9.60. The topological polar surface area (TPSA) is 79.5 Å². The molecule has 2 unspecified atom stereocenters. The number of hydrogen-bond donors (Lipinski definition) is 3. The van der Waals surface area contributed by atoms with Gasteiger partial charge in [0.15, 0.2) is 0 Å². The van der Waals surface area contributed by atoms with Gasteiger partial charge in [-0.1, -0.05) is 13.0 Å². The van der Waals surface area contributed by atoms with Crippen molar-refractivity contribution in [3.63, 3.8) is 0 Å². The van der Waals surface area contributed by atoms with E-state index in [4.69, 9.17) is 0 Å². The van der Waals surface area contributed by atoms with Crippen LogP contribution in [0.1, 0.15) is 13.3 Å². The zero-order valence-electron chi connectivity index (χ0n) is 11.6. The van der Waals surface area contributed by atoms with Gasteiger partial charge in [0.1, 0.15) is 0 Å². The Kier molecular flexibility index (Phi) is 4.57. The molecular formula is C14H19N3O3. The first kappa shape index (κ1) is 14.3. The fourth-order valence-electron chi connectivity index (χ4n) is 2.25. The van der Waals surface area contributed by atoms with Crippen molar-refractivity contribution in [1.29, 1.82) is 0 Å². The van der Waals surface area contributed by atoms with Gasteiger partial charge < -0.3 is 15.4 Å². The van der Waals surface area contributed by atoms with Crippen LogP contribution in [-0.4, -0.2) is 31.7 Å². The maximum absolute atomic E-state index is 12.1. The SMILES string of the molecule is COC(=O)Nc1cccc(NC(=O)C2NCCC2C)c1. The van der Waals surface area contributed by atoms with Gasteiger partial charge in [-0.05, 0) is 37.1 Å². The van der Waals surface area contributed by atoms with Crippen LogP contribution in [0.25, 0.3) is 0 Å². The summed E-state index contributed by atoms with van der Waals surface area (Å²) < 4.78 is 4.52. The minimum absolute atomic E-state index is 0.0507. The van der Waals surface area contributed by atoms with E-state index in [1.807, 2.05) is 0 Å². The van der Waals surface area contributed by atoms with Crippen LogP contribution in [0.15, 0.2) is 24.3 Å². The maximum atomic E-state index is 12.1. The molecule has 1 saturated heterocycles. The molecule has 0 radical (unpaired) electrons. The first-order valence-corrected chi connectivity index (χ1v) is 6.59. The Morgan fingerprint density at radius 2 is 2.00 bits per heavy atom. The third-order valence-electron chi connectivity index (χ3n) is 3.38. The maximum Gasteiger partial charge on any atom is 0.411 e. The van der Waals surface area contributed by atoms with Gasteiger partial charge in [-0.2, -0.15) is 0 Å². The van der Waals surface area contributed by atoms with Crippen molar-refractivity contribution >= 4 is 23.4 Å². The number of rotatable bonds is 3. The number of carbonyl (C=O) groups excluding carboxylic acids is 2. The van der Waals surface area contributed by atoms with E-state index >= 15 is 0 Å². The molecule has 6 heteroatoms. The summed E-state index contributed by atoms with van der Waals surface area (Å²) >= 11 is 0. The highest BCUT2D eigenvalue weighted by Gasteiger charge is 2.29. The Bertz CT molecular complexity index is 504. The van der Waals surface area contributed by atoms with Crippen LogP contribution in [-0.2, 0) is 9.53 Å². The minimum Gasteiger partial charge on any atom is -0.453 e. The van der Waals surface area contributed by atoms with Gasteiger partial charge in [0.25, 0.3) is 0 Å². The van der Waals surface area contributed by atoms with Crippen LogP contribution in [0.4, 0.5) is 16.2 Å². The normalized spacial score (nSPS) is 21.3. The average Bonchev–Trinajstić information content (AvgIpc) is 2.85. The lowest BCUT2D eigenvalue weighted by Gasteiger charge is -2.15. The second kappa shape index (κ2) is 6.38. The molecule has 6 nitrogen and oxygen atoms in total. The van der Waals surface area contributed by atoms with Crippen molar-refractivity contribution in [2.24, 2.45) is 5.92 Å². The smallest absolute Gasteiger partial charge is 0.411 e. The Labute approximate surface area is 117 Å². The molecule has 1 heterocycles. The van der Waals surface area contributed by atoms with Crippen LogP contribution in [0.3, 0.4) is 0 Å². The summed E-state index contributed by atoms with van der Waals surface area (Å²) in [6.45, 7) is 2.92. The van der Waals surface area contributed by atoms with Gasteiger partial charge in [0.05, 0.1) is 13.2 Å². The Hall–Kier alpha value is -2.08. The second-order valence-electron chi connectivity index (χ2n) is 4.88. The zero-order valence-corrected chi connectivity index (χ0v) is 11.6. The molecule has 1 aliphatic heterocycles. The molecule has 1 aliphatic rings. The van der Waals surface area contributed by atoms with Crippen molar-refractivity contribution in [3.05, 3.63) is 24.3 Å². The predicted molar refractivity (Wildman–Crippen MR) is 76.7 cm³/mol. The largest absolute Gasteiger partial charge is 0.453 e. The Morgan fingerprint density at radius 3 is 2.60 bits per heavy atom. The lowest BCUT2D eigenvalue weighted by Crippen LogP contribution is -2.39. The van der Waals surface area contributed by atoms with Crippen LogP contribution in [0, 0.1) is 5.92 Å². The van der Waals surface area contributed by atoms with Crippen LogP contribution >= 0.6 is 0 Å². The second-order valence-corrected chi connectivity index (χ2v) is 4.88. The summed E-state index contributed by atoms with van der Waals surface area (Å²) in [5, 5.41) is 8.59. The fraction of sp³-hybridized carbons (Fsp3) is 0.429. The third-order valence-corrected chi connectivity index (χ3v) is 3.38. The van der Waals surface area contributed by atoms with Gasteiger partial charge in [-0.25, -0.2) is 4.79 Å². The highest BCUT2D eigenvalue weighted by atomic mass is 16.5. The molecule has 1 aromatic carbocycles. The molecule has 2 rings (SSSR count). The number of anilines is 2. The standard InChI is InChI=1S/C14H19N3O3/c1-9-6-7-15-12(9)13(18)16-10-4-3-5-11(8-10)17-14(19)20-2/h3-5,8-9,12,15H,6-7H2,1-2H3,(H,16,18)(H,17,19). The number of hydrogen-bond acceptors (Lipinski definition) is 4. The van der Waals surface area contributed by atoms with Crippen molar-refractivity contribution in [2.75, 3.05) is 24.3 Å².